The molecule has 2 heterocycles. The summed E-state index contributed by atoms with van der Waals surface area (Å²) in [5, 5.41) is 6.93. The van der Waals surface area contributed by atoms with Crippen LogP contribution in [0.3, 0.4) is 0 Å². The Kier molecular flexibility index (Phi) is 4.17. The second-order valence-corrected chi connectivity index (χ2v) is 4.84. The topological polar surface area (TPSA) is 68.0 Å². The molecule has 106 valence electrons. The summed E-state index contributed by atoms with van der Waals surface area (Å²) >= 11 is 0. The van der Waals surface area contributed by atoms with Crippen LogP contribution in [0.4, 0.5) is 0 Å². The molecule has 0 aliphatic heterocycles. The van der Waals surface area contributed by atoms with Crippen LogP contribution in [0.2, 0.25) is 0 Å². The molecule has 0 saturated heterocycles. The number of carbonyl (C=O) groups excluding carboxylic acids is 1. The number of nitrogens with zero attached hydrogens (tertiary/aromatic N) is 2. The molecule has 2 aromatic heterocycles. The van der Waals surface area contributed by atoms with Crippen molar-refractivity contribution in [1.82, 2.24) is 15.5 Å². The van der Waals surface area contributed by atoms with Gasteiger partial charge in [0.1, 0.15) is 11.5 Å². The lowest BCUT2D eigenvalue weighted by atomic mass is 10.0. The van der Waals surface area contributed by atoms with E-state index < -0.39 is 0 Å². The van der Waals surface area contributed by atoms with Crippen molar-refractivity contribution in [2.75, 3.05) is 0 Å². The van der Waals surface area contributed by atoms with Gasteiger partial charge in [-0.2, -0.15) is 0 Å². The van der Waals surface area contributed by atoms with Crippen molar-refractivity contribution in [3.63, 3.8) is 0 Å². The van der Waals surface area contributed by atoms with Gasteiger partial charge >= 0.3 is 0 Å². The fourth-order valence-electron chi connectivity index (χ4n) is 2.27. The van der Waals surface area contributed by atoms with Gasteiger partial charge in [-0.15, -0.1) is 0 Å². The molecule has 1 atom stereocenters. The van der Waals surface area contributed by atoms with E-state index >= 15 is 0 Å². The number of hydrogen-bond acceptors (Lipinski definition) is 4. The Bertz CT molecular complexity index is 600. The predicted octanol–water partition coefficient (Wildman–Crippen LogP) is 2.88. The van der Waals surface area contributed by atoms with Crippen molar-refractivity contribution < 1.29 is 9.32 Å². The van der Waals surface area contributed by atoms with Gasteiger partial charge in [-0.25, -0.2) is 4.98 Å². The molecule has 0 bridgehead atoms. The van der Waals surface area contributed by atoms with E-state index in [1.165, 1.54) is 0 Å². The highest BCUT2D eigenvalue weighted by atomic mass is 16.5. The molecule has 0 aliphatic rings. The Morgan fingerprint density at radius 2 is 2.10 bits per heavy atom. The van der Waals surface area contributed by atoms with Crippen LogP contribution in [0.5, 0.6) is 0 Å². The van der Waals surface area contributed by atoms with Crippen LogP contribution in [0, 0.1) is 20.8 Å². The van der Waals surface area contributed by atoms with E-state index in [-0.39, 0.29) is 11.9 Å². The Hall–Kier alpha value is -2.17. The predicted molar refractivity (Wildman–Crippen MR) is 75.4 cm³/mol. The minimum absolute atomic E-state index is 0.115. The highest BCUT2D eigenvalue weighted by Crippen LogP contribution is 2.24. The molecule has 1 N–H and O–H groups in total. The summed E-state index contributed by atoms with van der Waals surface area (Å²) < 4.78 is 5.17. The average Bonchev–Trinajstić information content (AvgIpc) is 2.75. The van der Waals surface area contributed by atoms with Gasteiger partial charge in [0, 0.05) is 11.3 Å². The van der Waals surface area contributed by atoms with Crippen LogP contribution in [0.25, 0.3) is 0 Å². The van der Waals surface area contributed by atoms with Crippen molar-refractivity contribution in [2.45, 2.75) is 40.2 Å². The third kappa shape index (κ3) is 2.87. The monoisotopic (exact) mass is 273 g/mol. The number of hydrogen-bond donors (Lipinski definition) is 1. The number of rotatable bonds is 4. The van der Waals surface area contributed by atoms with Crippen molar-refractivity contribution in [2.24, 2.45) is 0 Å². The zero-order valence-corrected chi connectivity index (χ0v) is 12.2. The molecular formula is C15H19N3O2. The first-order valence-electron chi connectivity index (χ1n) is 6.70. The molecule has 0 radical (unpaired) electrons. The summed E-state index contributed by atoms with van der Waals surface area (Å²) in [7, 11) is 0. The second kappa shape index (κ2) is 5.86. The van der Waals surface area contributed by atoms with Crippen molar-refractivity contribution in [3.05, 3.63) is 46.6 Å². The zero-order valence-electron chi connectivity index (χ0n) is 12.2. The number of aryl methyl sites for hydroxylation is 3. The van der Waals surface area contributed by atoms with Gasteiger partial charge in [0.25, 0.3) is 5.91 Å². The van der Waals surface area contributed by atoms with E-state index in [1.54, 1.807) is 6.07 Å². The number of carbonyl (C=O) groups is 1. The molecule has 1 unspecified atom stereocenters. The Balaban J connectivity index is 2.21. The van der Waals surface area contributed by atoms with Crippen LogP contribution >= 0.6 is 0 Å². The van der Waals surface area contributed by atoms with Gasteiger partial charge in [0.05, 0.1) is 11.7 Å². The Labute approximate surface area is 118 Å². The summed E-state index contributed by atoms with van der Waals surface area (Å²) in [6.07, 6.45) is 0.764. The SMILES string of the molecule is CCC(NC(=O)c1cccc(C)n1)c1c(C)noc1C. The molecule has 0 aromatic carbocycles. The van der Waals surface area contributed by atoms with Crippen molar-refractivity contribution >= 4 is 5.91 Å². The number of nitrogens with one attached hydrogen (secondary N) is 1. The maximum Gasteiger partial charge on any atom is 0.270 e. The fraction of sp³-hybridized carbons (Fsp3) is 0.400. The van der Waals surface area contributed by atoms with Gasteiger partial charge in [-0.05, 0) is 39.3 Å². The lowest BCUT2D eigenvalue weighted by Crippen LogP contribution is -2.29. The van der Waals surface area contributed by atoms with E-state index in [9.17, 15) is 4.79 Å². The summed E-state index contributed by atoms with van der Waals surface area (Å²) in [5.74, 6) is 0.562. The highest BCUT2D eigenvalue weighted by Gasteiger charge is 2.21. The molecule has 0 aliphatic carbocycles. The Morgan fingerprint density at radius 3 is 2.65 bits per heavy atom. The van der Waals surface area contributed by atoms with Gasteiger partial charge in [-0.3, -0.25) is 4.79 Å². The first kappa shape index (κ1) is 14.2. The third-order valence-electron chi connectivity index (χ3n) is 3.27. The molecule has 20 heavy (non-hydrogen) atoms. The van der Waals surface area contributed by atoms with E-state index in [0.29, 0.717) is 5.69 Å². The highest BCUT2D eigenvalue weighted by molar-refractivity contribution is 5.92. The molecule has 5 heteroatoms. The molecular weight excluding hydrogens is 254 g/mol. The average molecular weight is 273 g/mol. The van der Waals surface area contributed by atoms with Crippen molar-refractivity contribution in [1.29, 1.82) is 0 Å². The van der Waals surface area contributed by atoms with Crippen molar-refractivity contribution in [3.8, 4) is 0 Å². The standard InChI is InChI=1S/C15H19N3O2/c1-5-12(14-10(3)18-20-11(14)4)17-15(19)13-8-6-7-9(2)16-13/h6-8,12H,5H2,1-4H3,(H,17,19). The van der Waals surface area contributed by atoms with Crippen LogP contribution < -0.4 is 5.32 Å². The molecule has 5 nitrogen and oxygen atoms in total. The normalized spacial score (nSPS) is 12.2. The molecule has 0 saturated carbocycles. The van der Waals surface area contributed by atoms with Crippen LogP contribution in [-0.2, 0) is 0 Å². The molecule has 2 rings (SSSR count). The van der Waals surface area contributed by atoms with Gasteiger partial charge in [0.15, 0.2) is 0 Å². The van der Waals surface area contributed by atoms with Gasteiger partial charge < -0.3 is 9.84 Å². The molecule has 0 fully saturated rings. The zero-order chi connectivity index (χ0) is 14.7. The van der Waals surface area contributed by atoms with E-state index in [2.05, 4.69) is 15.5 Å². The first-order valence-corrected chi connectivity index (χ1v) is 6.70. The van der Waals surface area contributed by atoms with Gasteiger partial charge in [-0.1, -0.05) is 18.1 Å². The minimum atomic E-state index is -0.180. The fourth-order valence-corrected chi connectivity index (χ4v) is 2.27. The maximum atomic E-state index is 12.3. The van der Waals surface area contributed by atoms with E-state index in [4.69, 9.17) is 4.52 Å². The smallest absolute Gasteiger partial charge is 0.270 e. The summed E-state index contributed by atoms with van der Waals surface area (Å²) in [5.41, 5.74) is 3.01. The minimum Gasteiger partial charge on any atom is -0.361 e. The molecule has 1 amide bonds. The van der Waals surface area contributed by atoms with Crippen LogP contribution in [0.15, 0.2) is 22.7 Å². The maximum absolute atomic E-state index is 12.3. The third-order valence-corrected chi connectivity index (χ3v) is 3.27. The molecule has 2 aromatic rings. The van der Waals surface area contributed by atoms with E-state index in [0.717, 1.165) is 29.1 Å². The lowest BCUT2D eigenvalue weighted by Gasteiger charge is -2.16. The first-order chi connectivity index (χ1) is 9.52. The summed E-state index contributed by atoms with van der Waals surface area (Å²) in [4.78, 5) is 16.5. The quantitative estimate of drug-likeness (QED) is 0.930. The second-order valence-electron chi connectivity index (χ2n) is 4.84. The molecule has 0 spiro atoms. The van der Waals surface area contributed by atoms with Gasteiger partial charge in [0.2, 0.25) is 0 Å². The van der Waals surface area contributed by atoms with E-state index in [1.807, 2.05) is 39.8 Å². The number of aromatic nitrogens is 2. The summed E-state index contributed by atoms with van der Waals surface area (Å²) in [6, 6.07) is 5.29. The van der Waals surface area contributed by atoms with Crippen LogP contribution in [0.1, 0.15) is 52.6 Å². The number of amides is 1. The Morgan fingerprint density at radius 1 is 1.35 bits per heavy atom. The lowest BCUT2D eigenvalue weighted by molar-refractivity contribution is 0.0930. The van der Waals surface area contributed by atoms with Crippen LogP contribution in [-0.4, -0.2) is 16.0 Å². The largest absolute Gasteiger partial charge is 0.361 e. The summed E-state index contributed by atoms with van der Waals surface area (Å²) in [6.45, 7) is 7.61. The number of pyridine rings is 1.